The number of ether oxygens (including phenoxy) is 1. The average Bonchev–Trinajstić information content (AvgIpc) is 2.65. The molecule has 0 aliphatic heterocycles. The Labute approximate surface area is 145 Å². The van der Waals surface area contributed by atoms with Crippen molar-refractivity contribution in [1.29, 1.82) is 0 Å². The van der Waals surface area contributed by atoms with Crippen molar-refractivity contribution in [3.63, 3.8) is 0 Å². The summed E-state index contributed by atoms with van der Waals surface area (Å²) in [7, 11) is 1.38. The van der Waals surface area contributed by atoms with Gasteiger partial charge in [-0.05, 0) is 43.4 Å². The molecule has 1 aromatic carbocycles. The van der Waals surface area contributed by atoms with E-state index in [9.17, 15) is 9.59 Å². The van der Waals surface area contributed by atoms with E-state index in [1.807, 2.05) is 19.1 Å². The van der Waals surface area contributed by atoms with Crippen LogP contribution in [0.25, 0.3) is 0 Å². The number of hydrogen-bond donors (Lipinski definition) is 0. The lowest BCUT2D eigenvalue weighted by Gasteiger charge is -2.24. The van der Waals surface area contributed by atoms with E-state index in [4.69, 9.17) is 4.74 Å². The Morgan fingerprint density at radius 2 is 1.79 bits per heavy atom. The zero-order chi connectivity index (χ0) is 17.5. The maximum atomic E-state index is 12.7. The molecular weight excluding hydrogens is 302 g/mol. The molecule has 4 heteroatoms. The van der Waals surface area contributed by atoms with Gasteiger partial charge in [0.1, 0.15) is 0 Å². The molecule has 1 aromatic rings. The lowest BCUT2D eigenvalue weighted by Crippen LogP contribution is -2.37. The molecule has 1 aliphatic carbocycles. The quantitative estimate of drug-likeness (QED) is 0.740. The Bertz CT molecular complexity index is 547. The summed E-state index contributed by atoms with van der Waals surface area (Å²) in [4.78, 5) is 26.0. The van der Waals surface area contributed by atoms with Crippen LogP contribution in [0.1, 0.15) is 67.8 Å². The maximum absolute atomic E-state index is 12.7. The van der Waals surface area contributed by atoms with Gasteiger partial charge in [-0.3, -0.25) is 9.59 Å². The van der Waals surface area contributed by atoms with E-state index in [1.54, 1.807) is 11.8 Å². The first-order valence-electron chi connectivity index (χ1n) is 9.03. The third-order valence-corrected chi connectivity index (χ3v) is 5.00. The maximum Gasteiger partial charge on any atom is 0.310 e. The molecule has 1 unspecified atom stereocenters. The summed E-state index contributed by atoms with van der Waals surface area (Å²) in [5, 5.41) is 0. The molecule has 1 aliphatic rings. The van der Waals surface area contributed by atoms with Crippen LogP contribution in [-0.4, -0.2) is 37.0 Å². The topological polar surface area (TPSA) is 46.6 Å². The zero-order valence-electron chi connectivity index (χ0n) is 15.1. The lowest BCUT2D eigenvalue weighted by molar-refractivity contribution is -0.145. The Hall–Kier alpha value is -1.84. The van der Waals surface area contributed by atoms with Crippen molar-refractivity contribution in [3.8, 4) is 0 Å². The molecule has 0 spiro atoms. The van der Waals surface area contributed by atoms with Gasteiger partial charge >= 0.3 is 5.97 Å². The molecule has 1 saturated carbocycles. The third kappa shape index (κ3) is 4.59. The van der Waals surface area contributed by atoms with Gasteiger partial charge in [0.15, 0.2) is 0 Å². The predicted octanol–water partition coefficient (Wildman–Crippen LogP) is 4.01. The normalized spacial score (nSPS) is 16.5. The van der Waals surface area contributed by atoms with Crippen molar-refractivity contribution in [1.82, 2.24) is 4.90 Å². The SMILES string of the molecule is CCN(CC(C)C(=O)OC)C(=O)c1ccc(C2CCCCC2)cc1. The molecule has 0 heterocycles. The second kappa shape index (κ2) is 8.86. The number of carbonyl (C=O) groups is 2. The van der Waals surface area contributed by atoms with E-state index < -0.39 is 0 Å². The second-order valence-corrected chi connectivity index (χ2v) is 6.72. The largest absolute Gasteiger partial charge is 0.469 e. The van der Waals surface area contributed by atoms with Crippen LogP contribution in [-0.2, 0) is 9.53 Å². The molecule has 4 nitrogen and oxygen atoms in total. The van der Waals surface area contributed by atoms with E-state index in [-0.39, 0.29) is 17.8 Å². The summed E-state index contributed by atoms with van der Waals surface area (Å²) in [6, 6.07) is 8.05. The van der Waals surface area contributed by atoms with E-state index in [2.05, 4.69) is 12.1 Å². The molecule has 24 heavy (non-hydrogen) atoms. The number of benzene rings is 1. The molecule has 0 aromatic heterocycles. The van der Waals surface area contributed by atoms with Gasteiger partial charge in [-0.15, -0.1) is 0 Å². The minimum absolute atomic E-state index is 0.0246. The summed E-state index contributed by atoms with van der Waals surface area (Å²) in [5.74, 6) is 0.0160. The van der Waals surface area contributed by atoms with Crippen LogP contribution in [0.2, 0.25) is 0 Å². The zero-order valence-corrected chi connectivity index (χ0v) is 15.1. The fraction of sp³-hybridized carbons (Fsp3) is 0.600. The fourth-order valence-corrected chi connectivity index (χ4v) is 3.48. The molecule has 1 fully saturated rings. The first kappa shape index (κ1) is 18.5. The Morgan fingerprint density at radius 3 is 2.33 bits per heavy atom. The molecule has 0 radical (unpaired) electrons. The second-order valence-electron chi connectivity index (χ2n) is 6.72. The van der Waals surface area contributed by atoms with Gasteiger partial charge in [0.2, 0.25) is 0 Å². The van der Waals surface area contributed by atoms with E-state index in [1.165, 1.54) is 44.8 Å². The monoisotopic (exact) mass is 331 g/mol. The summed E-state index contributed by atoms with van der Waals surface area (Å²) in [6.45, 7) is 4.67. The van der Waals surface area contributed by atoms with Gasteiger partial charge in [0, 0.05) is 18.7 Å². The average molecular weight is 331 g/mol. The molecule has 0 bridgehead atoms. The summed E-state index contributed by atoms with van der Waals surface area (Å²) >= 11 is 0. The fourth-order valence-electron chi connectivity index (χ4n) is 3.48. The number of methoxy groups -OCH3 is 1. The van der Waals surface area contributed by atoms with E-state index in [0.717, 1.165) is 0 Å². The van der Waals surface area contributed by atoms with E-state index in [0.29, 0.717) is 24.6 Å². The van der Waals surface area contributed by atoms with Gasteiger partial charge in [-0.1, -0.05) is 38.3 Å². The highest BCUT2D eigenvalue weighted by Crippen LogP contribution is 2.32. The minimum Gasteiger partial charge on any atom is -0.469 e. The van der Waals surface area contributed by atoms with Gasteiger partial charge in [-0.2, -0.15) is 0 Å². The third-order valence-electron chi connectivity index (χ3n) is 5.00. The van der Waals surface area contributed by atoms with Crippen LogP contribution in [0.4, 0.5) is 0 Å². The van der Waals surface area contributed by atoms with Gasteiger partial charge in [0.25, 0.3) is 5.91 Å². The first-order chi connectivity index (χ1) is 11.6. The summed E-state index contributed by atoms with van der Waals surface area (Å²) < 4.78 is 4.75. The highest BCUT2D eigenvalue weighted by molar-refractivity contribution is 5.94. The number of amides is 1. The van der Waals surface area contributed by atoms with Gasteiger partial charge in [0.05, 0.1) is 13.0 Å². The van der Waals surface area contributed by atoms with Crippen LogP contribution in [0.5, 0.6) is 0 Å². The van der Waals surface area contributed by atoms with Gasteiger partial charge in [-0.25, -0.2) is 0 Å². The first-order valence-corrected chi connectivity index (χ1v) is 9.03. The molecule has 1 amide bonds. The predicted molar refractivity (Wildman–Crippen MR) is 95.0 cm³/mol. The van der Waals surface area contributed by atoms with Crippen LogP contribution in [0.3, 0.4) is 0 Å². The molecule has 0 saturated heterocycles. The number of rotatable bonds is 6. The molecule has 2 rings (SSSR count). The van der Waals surface area contributed by atoms with Crippen molar-refractivity contribution in [2.75, 3.05) is 20.2 Å². The Kier molecular flexibility index (Phi) is 6.83. The van der Waals surface area contributed by atoms with Crippen LogP contribution in [0.15, 0.2) is 24.3 Å². The number of hydrogen-bond acceptors (Lipinski definition) is 3. The van der Waals surface area contributed by atoms with Gasteiger partial charge < -0.3 is 9.64 Å². The molecule has 132 valence electrons. The summed E-state index contributed by atoms with van der Waals surface area (Å²) in [5.41, 5.74) is 2.03. The number of esters is 1. The van der Waals surface area contributed by atoms with Crippen LogP contribution in [0, 0.1) is 5.92 Å². The van der Waals surface area contributed by atoms with Crippen LogP contribution >= 0.6 is 0 Å². The van der Waals surface area contributed by atoms with E-state index >= 15 is 0 Å². The Morgan fingerprint density at radius 1 is 1.17 bits per heavy atom. The highest BCUT2D eigenvalue weighted by Gasteiger charge is 2.22. The van der Waals surface area contributed by atoms with Crippen molar-refractivity contribution in [3.05, 3.63) is 35.4 Å². The minimum atomic E-state index is -0.319. The van der Waals surface area contributed by atoms with Crippen LogP contribution < -0.4 is 0 Å². The van der Waals surface area contributed by atoms with Crippen molar-refractivity contribution in [2.45, 2.75) is 51.9 Å². The molecule has 0 N–H and O–H groups in total. The lowest BCUT2D eigenvalue weighted by atomic mass is 9.84. The smallest absolute Gasteiger partial charge is 0.310 e. The summed E-state index contributed by atoms with van der Waals surface area (Å²) in [6.07, 6.45) is 6.47. The number of nitrogens with zero attached hydrogens (tertiary/aromatic N) is 1. The molecular formula is C20H29NO3. The standard InChI is InChI=1S/C20H29NO3/c1-4-21(14-15(2)20(23)24-3)19(22)18-12-10-17(11-13-18)16-8-6-5-7-9-16/h10-13,15-16H,4-9,14H2,1-3H3. The number of carbonyl (C=O) groups excluding carboxylic acids is 2. The van der Waals surface area contributed by atoms with Crippen molar-refractivity contribution in [2.24, 2.45) is 5.92 Å². The molecule has 1 atom stereocenters. The van der Waals surface area contributed by atoms with Crippen molar-refractivity contribution < 1.29 is 14.3 Å². The Balaban J connectivity index is 2.03. The van der Waals surface area contributed by atoms with Crippen molar-refractivity contribution >= 4 is 11.9 Å². The highest BCUT2D eigenvalue weighted by atomic mass is 16.5.